The molecule has 1 aliphatic rings. The fourth-order valence-corrected chi connectivity index (χ4v) is 5.58. The second-order valence-corrected chi connectivity index (χ2v) is 9.78. The van der Waals surface area contributed by atoms with E-state index < -0.39 is 10.0 Å². The SMILES string of the molecule is Nc1nc(Nc2ccc(S(=O)(=O)N3CCOCC3)cc2)nn1-c1nc2ccccc2s1. The summed E-state index contributed by atoms with van der Waals surface area (Å²) in [5.41, 5.74) is 7.54. The van der Waals surface area contributed by atoms with Crippen LogP contribution in [0.3, 0.4) is 0 Å². The van der Waals surface area contributed by atoms with Crippen LogP contribution in [0, 0.1) is 0 Å². The van der Waals surface area contributed by atoms with E-state index in [4.69, 9.17) is 10.5 Å². The molecule has 0 saturated carbocycles. The van der Waals surface area contributed by atoms with Crippen molar-refractivity contribution in [3.8, 4) is 5.13 Å². The molecule has 31 heavy (non-hydrogen) atoms. The maximum Gasteiger partial charge on any atom is 0.248 e. The van der Waals surface area contributed by atoms with Crippen LogP contribution < -0.4 is 11.1 Å². The Hall–Kier alpha value is -3.06. The van der Waals surface area contributed by atoms with Gasteiger partial charge >= 0.3 is 0 Å². The highest BCUT2D eigenvalue weighted by Gasteiger charge is 2.26. The molecule has 0 aliphatic carbocycles. The largest absolute Gasteiger partial charge is 0.379 e. The number of hydrogen-bond acceptors (Lipinski definition) is 9. The van der Waals surface area contributed by atoms with Gasteiger partial charge in [-0.2, -0.15) is 14.0 Å². The van der Waals surface area contributed by atoms with E-state index in [1.807, 2.05) is 24.3 Å². The van der Waals surface area contributed by atoms with Gasteiger partial charge in [0.25, 0.3) is 0 Å². The van der Waals surface area contributed by atoms with Crippen molar-refractivity contribution >= 4 is 49.2 Å². The Morgan fingerprint density at radius 2 is 1.77 bits per heavy atom. The molecule has 4 aromatic rings. The summed E-state index contributed by atoms with van der Waals surface area (Å²) >= 11 is 1.46. The molecule has 5 rings (SSSR count). The Bertz CT molecular complexity index is 1290. The minimum Gasteiger partial charge on any atom is -0.379 e. The molecule has 12 heteroatoms. The van der Waals surface area contributed by atoms with Crippen LogP contribution in [0.4, 0.5) is 17.6 Å². The van der Waals surface area contributed by atoms with Gasteiger partial charge in [0.1, 0.15) is 0 Å². The maximum absolute atomic E-state index is 12.7. The summed E-state index contributed by atoms with van der Waals surface area (Å²) in [6.45, 7) is 1.52. The van der Waals surface area contributed by atoms with Crippen LogP contribution in [0.5, 0.6) is 0 Å². The van der Waals surface area contributed by atoms with Crippen LogP contribution in [0.15, 0.2) is 53.4 Å². The first-order valence-electron chi connectivity index (χ1n) is 9.54. The minimum atomic E-state index is -3.54. The van der Waals surface area contributed by atoms with Gasteiger partial charge in [-0.15, -0.1) is 5.10 Å². The quantitative estimate of drug-likeness (QED) is 0.467. The van der Waals surface area contributed by atoms with Crippen molar-refractivity contribution in [3.05, 3.63) is 48.5 Å². The average molecular weight is 458 g/mol. The molecule has 0 spiro atoms. The molecule has 0 radical (unpaired) electrons. The topological polar surface area (TPSA) is 128 Å². The van der Waals surface area contributed by atoms with Crippen LogP contribution in [0.25, 0.3) is 15.3 Å². The molecule has 1 aliphatic heterocycles. The molecule has 1 fully saturated rings. The lowest BCUT2D eigenvalue weighted by Crippen LogP contribution is -2.40. The van der Waals surface area contributed by atoms with Crippen molar-refractivity contribution in [2.45, 2.75) is 4.90 Å². The predicted octanol–water partition coefficient (Wildman–Crippen LogP) is 2.22. The number of morpholine rings is 1. The fourth-order valence-electron chi connectivity index (χ4n) is 3.24. The Balaban J connectivity index is 1.35. The molecular weight excluding hydrogens is 438 g/mol. The van der Waals surface area contributed by atoms with E-state index in [-0.39, 0.29) is 10.8 Å². The monoisotopic (exact) mass is 457 g/mol. The summed E-state index contributed by atoms with van der Waals surface area (Å²) in [4.78, 5) is 9.01. The second kappa shape index (κ2) is 7.89. The number of para-hydroxylation sites is 1. The molecule has 3 N–H and O–H groups in total. The van der Waals surface area contributed by atoms with E-state index in [1.54, 1.807) is 24.3 Å². The number of nitrogens with zero attached hydrogens (tertiary/aromatic N) is 5. The number of benzene rings is 2. The van der Waals surface area contributed by atoms with Gasteiger partial charge in [-0.05, 0) is 36.4 Å². The standard InChI is InChI=1S/C19H19N7O3S2/c20-17-23-18(24-26(17)19-22-15-3-1-2-4-16(15)30-19)21-13-5-7-14(8-6-13)31(27,28)25-9-11-29-12-10-25/h1-8H,9-12H2,(H3,20,21,23,24). The second-order valence-electron chi connectivity index (χ2n) is 6.84. The van der Waals surface area contributed by atoms with Gasteiger partial charge in [0.15, 0.2) is 0 Å². The summed E-state index contributed by atoms with van der Waals surface area (Å²) in [5.74, 6) is 0.494. The van der Waals surface area contributed by atoms with Gasteiger partial charge in [-0.1, -0.05) is 23.5 Å². The van der Waals surface area contributed by atoms with Crippen molar-refractivity contribution in [1.82, 2.24) is 24.1 Å². The molecule has 160 valence electrons. The Morgan fingerprint density at radius 3 is 2.52 bits per heavy atom. The zero-order valence-electron chi connectivity index (χ0n) is 16.3. The third-order valence-corrected chi connectivity index (χ3v) is 7.74. The lowest BCUT2D eigenvalue weighted by molar-refractivity contribution is 0.0730. The van der Waals surface area contributed by atoms with Gasteiger partial charge < -0.3 is 15.8 Å². The molecule has 2 aromatic carbocycles. The minimum absolute atomic E-state index is 0.202. The van der Waals surface area contributed by atoms with E-state index in [1.165, 1.54) is 20.3 Å². The molecule has 0 atom stereocenters. The van der Waals surface area contributed by atoms with E-state index in [0.717, 1.165) is 10.2 Å². The van der Waals surface area contributed by atoms with Crippen molar-refractivity contribution in [2.75, 3.05) is 37.4 Å². The molecule has 3 heterocycles. The molecule has 0 amide bonds. The van der Waals surface area contributed by atoms with Crippen molar-refractivity contribution in [2.24, 2.45) is 0 Å². The number of rotatable bonds is 5. The zero-order valence-corrected chi connectivity index (χ0v) is 17.9. The summed E-state index contributed by atoms with van der Waals surface area (Å²) in [5, 5.41) is 8.06. The first-order chi connectivity index (χ1) is 15.0. The van der Waals surface area contributed by atoms with Crippen LogP contribution in [0.1, 0.15) is 0 Å². The van der Waals surface area contributed by atoms with E-state index in [2.05, 4.69) is 20.4 Å². The molecule has 1 saturated heterocycles. The van der Waals surface area contributed by atoms with Gasteiger partial charge in [-0.3, -0.25) is 0 Å². The van der Waals surface area contributed by atoms with E-state index in [9.17, 15) is 8.42 Å². The lowest BCUT2D eigenvalue weighted by atomic mass is 10.3. The number of aromatic nitrogens is 4. The van der Waals surface area contributed by atoms with Crippen LogP contribution >= 0.6 is 11.3 Å². The van der Waals surface area contributed by atoms with Crippen molar-refractivity contribution in [1.29, 1.82) is 0 Å². The van der Waals surface area contributed by atoms with Gasteiger partial charge in [-0.25, -0.2) is 13.4 Å². The third kappa shape index (κ3) is 3.85. The highest BCUT2D eigenvalue weighted by Crippen LogP contribution is 2.27. The highest BCUT2D eigenvalue weighted by molar-refractivity contribution is 7.89. The van der Waals surface area contributed by atoms with Crippen LogP contribution in [-0.2, 0) is 14.8 Å². The zero-order chi connectivity index (χ0) is 21.4. The summed E-state index contributed by atoms with van der Waals surface area (Å²) in [7, 11) is -3.54. The molecule has 0 bridgehead atoms. The smallest absolute Gasteiger partial charge is 0.248 e. The average Bonchev–Trinajstić information content (AvgIpc) is 3.37. The van der Waals surface area contributed by atoms with Crippen LogP contribution in [-0.4, -0.2) is 58.8 Å². The molecule has 10 nitrogen and oxygen atoms in total. The Morgan fingerprint density at radius 1 is 1.03 bits per heavy atom. The number of fused-ring (bicyclic) bond motifs is 1. The highest BCUT2D eigenvalue weighted by atomic mass is 32.2. The fraction of sp³-hybridized carbons (Fsp3) is 0.211. The normalized spacial score (nSPS) is 15.4. The summed E-state index contributed by atoms with van der Waals surface area (Å²) in [6.07, 6.45) is 0. The molecule has 2 aromatic heterocycles. The molecule has 0 unspecified atom stereocenters. The van der Waals surface area contributed by atoms with Gasteiger partial charge in [0, 0.05) is 18.8 Å². The summed E-state index contributed by atoms with van der Waals surface area (Å²) < 4.78 is 34.6. The number of nitrogens with two attached hydrogens (primary N) is 1. The number of ether oxygens (including phenoxy) is 1. The van der Waals surface area contributed by atoms with Gasteiger partial charge in [0.05, 0.1) is 28.3 Å². The van der Waals surface area contributed by atoms with Crippen molar-refractivity contribution < 1.29 is 13.2 Å². The maximum atomic E-state index is 12.7. The third-order valence-electron chi connectivity index (χ3n) is 4.81. The lowest BCUT2D eigenvalue weighted by Gasteiger charge is -2.26. The van der Waals surface area contributed by atoms with Gasteiger partial charge in [0.2, 0.25) is 27.1 Å². The number of nitrogens with one attached hydrogen (secondary N) is 1. The Labute approximate surface area is 182 Å². The number of anilines is 3. The van der Waals surface area contributed by atoms with E-state index >= 15 is 0 Å². The number of sulfonamides is 1. The van der Waals surface area contributed by atoms with Crippen molar-refractivity contribution in [3.63, 3.8) is 0 Å². The Kier molecular flexibility index (Phi) is 5.06. The van der Waals surface area contributed by atoms with Crippen LogP contribution in [0.2, 0.25) is 0 Å². The van der Waals surface area contributed by atoms with E-state index in [0.29, 0.717) is 43.1 Å². The first-order valence-corrected chi connectivity index (χ1v) is 11.8. The number of thiazole rings is 1. The predicted molar refractivity (Wildman–Crippen MR) is 118 cm³/mol. The summed E-state index contributed by atoms with van der Waals surface area (Å²) in [6, 6.07) is 14.2. The number of hydrogen-bond donors (Lipinski definition) is 2. The first kappa shape index (κ1) is 19.9. The number of nitrogen functional groups attached to an aromatic ring is 1. The molecular formula is C19H19N7O3S2.